The van der Waals surface area contributed by atoms with E-state index in [0.717, 1.165) is 6.54 Å². The van der Waals surface area contributed by atoms with Gasteiger partial charge in [-0.2, -0.15) is 0 Å². The zero-order valence-corrected chi connectivity index (χ0v) is 7.66. The second-order valence-electron chi connectivity index (χ2n) is 3.29. The molecule has 0 radical (unpaired) electrons. The summed E-state index contributed by atoms with van der Waals surface area (Å²) in [6, 6.07) is 3.94. The molecular formula is C10H15NO. The third-order valence-corrected chi connectivity index (χ3v) is 1.93. The van der Waals surface area contributed by atoms with E-state index in [1.54, 1.807) is 0 Å². The lowest BCUT2D eigenvalue weighted by Crippen LogP contribution is -2.10. The zero-order chi connectivity index (χ0) is 8.97. The molecule has 2 heteroatoms. The van der Waals surface area contributed by atoms with Crippen molar-refractivity contribution in [2.24, 2.45) is 5.92 Å². The summed E-state index contributed by atoms with van der Waals surface area (Å²) in [6.07, 6.45) is 4.60. The number of hydrogen-bond donors (Lipinski definition) is 0. The summed E-state index contributed by atoms with van der Waals surface area (Å²) in [5.41, 5.74) is 0. The monoisotopic (exact) mass is 165 g/mol. The first kappa shape index (κ1) is 9.04. The summed E-state index contributed by atoms with van der Waals surface area (Å²) in [6.45, 7) is 4.69. The summed E-state index contributed by atoms with van der Waals surface area (Å²) in [5.74, 6) is 0.504. The summed E-state index contributed by atoms with van der Waals surface area (Å²) in [7, 11) is 0. The highest BCUT2D eigenvalue weighted by atomic mass is 16.1. The van der Waals surface area contributed by atoms with Crippen LogP contribution in [0.4, 0.5) is 0 Å². The van der Waals surface area contributed by atoms with Crippen LogP contribution in [0.3, 0.4) is 0 Å². The van der Waals surface area contributed by atoms with Gasteiger partial charge >= 0.3 is 0 Å². The first-order valence-corrected chi connectivity index (χ1v) is 4.33. The molecule has 1 aromatic heterocycles. The molecule has 12 heavy (non-hydrogen) atoms. The van der Waals surface area contributed by atoms with Gasteiger partial charge in [0, 0.05) is 31.3 Å². The highest BCUT2D eigenvalue weighted by molar-refractivity contribution is 5.80. The Morgan fingerprint density at radius 2 is 1.92 bits per heavy atom. The Morgan fingerprint density at radius 1 is 1.33 bits per heavy atom. The van der Waals surface area contributed by atoms with Crippen molar-refractivity contribution >= 4 is 5.78 Å². The van der Waals surface area contributed by atoms with Gasteiger partial charge in [-0.25, -0.2) is 0 Å². The molecule has 66 valence electrons. The van der Waals surface area contributed by atoms with Gasteiger partial charge in [0.05, 0.1) is 0 Å². The van der Waals surface area contributed by atoms with Crippen molar-refractivity contribution in [3.63, 3.8) is 0 Å². The van der Waals surface area contributed by atoms with Gasteiger partial charge in [-0.05, 0) is 12.1 Å². The molecule has 0 spiro atoms. The van der Waals surface area contributed by atoms with Crippen molar-refractivity contribution in [3.8, 4) is 0 Å². The number of aromatic nitrogens is 1. The van der Waals surface area contributed by atoms with Gasteiger partial charge < -0.3 is 4.57 Å². The fourth-order valence-corrected chi connectivity index (χ4v) is 1.05. The van der Waals surface area contributed by atoms with Crippen LogP contribution in [0.1, 0.15) is 20.3 Å². The molecule has 1 rings (SSSR count). The van der Waals surface area contributed by atoms with E-state index in [9.17, 15) is 4.79 Å². The van der Waals surface area contributed by atoms with Gasteiger partial charge in [-0.1, -0.05) is 13.8 Å². The van der Waals surface area contributed by atoms with Crippen molar-refractivity contribution < 1.29 is 4.79 Å². The number of hydrogen-bond acceptors (Lipinski definition) is 1. The van der Waals surface area contributed by atoms with Crippen LogP contribution in [0.25, 0.3) is 0 Å². The molecule has 0 bridgehead atoms. The van der Waals surface area contributed by atoms with E-state index in [0.29, 0.717) is 12.2 Å². The Bertz CT molecular complexity index is 236. The lowest BCUT2D eigenvalue weighted by molar-refractivity contribution is -0.122. The smallest absolute Gasteiger partial charge is 0.137 e. The largest absolute Gasteiger partial charge is 0.354 e. The van der Waals surface area contributed by atoms with Crippen LogP contribution in [0.15, 0.2) is 24.5 Å². The predicted octanol–water partition coefficient (Wildman–Crippen LogP) is 2.10. The maximum absolute atomic E-state index is 11.2. The molecule has 0 N–H and O–H groups in total. The third-order valence-electron chi connectivity index (χ3n) is 1.93. The summed E-state index contributed by atoms with van der Waals surface area (Å²) < 4.78 is 2.03. The standard InChI is InChI=1S/C10H15NO/c1-9(2)10(12)5-8-11-6-3-4-7-11/h3-4,6-7,9H,5,8H2,1-2H3. The first-order valence-electron chi connectivity index (χ1n) is 4.33. The SMILES string of the molecule is CC(C)C(=O)CCn1cccc1. The molecule has 0 aromatic carbocycles. The number of carbonyl (C=O) groups excluding carboxylic acids is 1. The van der Waals surface area contributed by atoms with Crippen LogP contribution in [-0.4, -0.2) is 10.4 Å². The van der Waals surface area contributed by atoms with Gasteiger partial charge in [0.1, 0.15) is 5.78 Å². The van der Waals surface area contributed by atoms with Crippen molar-refractivity contribution in [1.82, 2.24) is 4.57 Å². The van der Waals surface area contributed by atoms with Crippen molar-refractivity contribution in [2.75, 3.05) is 0 Å². The number of nitrogens with zero attached hydrogens (tertiary/aromatic N) is 1. The van der Waals surface area contributed by atoms with Gasteiger partial charge in [-0.3, -0.25) is 4.79 Å². The predicted molar refractivity (Wildman–Crippen MR) is 48.9 cm³/mol. The molecule has 0 unspecified atom stereocenters. The molecule has 0 saturated heterocycles. The molecule has 2 nitrogen and oxygen atoms in total. The van der Waals surface area contributed by atoms with E-state index >= 15 is 0 Å². The average molecular weight is 165 g/mol. The van der Waals surface area contributed by atoms with E-state index in [2.05, 4.69) is 0 Å². The topological polar surface area (TPSA) is 22.0 Å². The summed E-state index contributed by atoms with van der Waals surface area (Å²) >= 11 is 0. The quantitative estimate of drug-likeness (QED) is 0.669. The third kappa shape index (κ3) is 2.53. The minimum Gasteiger partial charge on any atom is -0.354 e. The number of carbonyl (C=O) groups is 1. The van der Waals surface area contributed by atoms with Crippen molar-refractivity contribution in [3.05, 3.63) is 24.5 Å². The molecule has 0 amide bonds. The maximum atomic E-state index is 11.2. The molecule has 0 aliphatic carbocycles. The Balaban J connectivity index is 2.32. The molecule has 0 aliphatic rings. The second kappa shape index (κ2) is 4.10. The van der Waals surface area contributed by atoms with Crippen LogP contribution >= 0.6 is 0 Å². The lowest BCUT2D eigenvalue weighted by atomic mass is 10.1. The van der Waals surface area contributed by atoms with Gasteiger partial charge in [0.25, 0.3) is 0 Å². The van der Waals surface area contributed by atoms with Crippen LogP contribution in [0, 0.1) is 5.92 Å². The summed E-state index contributed by atoms with van der Waals surface area (Å²) in [5, 5.41) is 0. The Hall–Kier alpha value is -1.05. The normalized spacial score (nSPS) is 10.6. The molecular weight excluding hydrogens is 150 g/mol. The van der Waals surface area contributed by atoms with Crippen LogP contribution in [0.2, 0.25) is 0 Å². The van der Waals surface area contributed by atoms with Gasteiger partial charge in [-0.15, -0.1) is 0 Å². The minimum atomic E-state index is 0.167. The fourth-order valence-electron chi connectivity index (χ4n) is 1.05. The van der Waals surface area contributed by atoms with E-state index in [4.69, 9.17) is 0 Å². The number of aryl methyl sites for hydroxylation is 1. The lowest BCUT2D eigenvalue weighted by Gasteiger charge is -2.04. The molecule has 1 heterocycles. The zero-order valence-electron chi connectivity index (χ0n) is 7.66. The Morgan fingerprint density at radius 3 is 2.42 bits per heavy atom. The highest BCUT2D eigenvalue weighted by Crippen LogP contribution is 2.01. The molecule has 1 aromatic rings. The van der Waals surface area contributed by atoms with Gasteiger partial charge in [0.2, 0.25) is 0 Å². The molecule has 0 atom stereocenters. The number of Topliss-reactive ketones (excluding diaryl/α,β-unsaturated/α-hetero) is 1. The highest BCUT2D eigenvalue weighted by Gasteiger charge is 2.05. The Labute approximate surface area is 73.2 Å². The van der Waals surface area contributed by atoms with Gasteiger partial charge in [0.15, 0.2) is 0 Å². The molecule has 0 saturated carbocycles. The number of ketones is 1. The summed E-state index contributed by atoms with van der Waals surface area (Å²) in [4.78, 5) is 11.2. The first-order chi connectivity index (χ1) is 5.70. The van der Waals surface area contributed by atoms with Crippen LogP contribution < -0.4 is 0 Å². The van der Waals surface area contributed by atoms with Crippen LogP contribution in [0.5, 0.6) is 0 Å². The molecule has 0 fully saturated rings. The maximum Gasteiger partial charge on any atom is 0.137 e. The molecule has 0 aliphatic heterocycles. The number of rotatable bonds is 4. The average Bonchev–Trinajstić information content (AvgIpc) is 2.51. The Kier molecular flexibility index (Phi) is 3.09. The van der Waals surface area contributed by atoms with Crippen molar-refractivity contribution in [2.45, 2.75) is 26.8 Å². The minimum absolute atomic E-state index is 0.167. The van der Waals surface area contributed by atoms with E-state index in [-0.39, 0.29) is 5.92 Å². The van der Waals surface area contributed by atoms with E-state index < -0.39 is 0 Å². The van der Waals surface area contributed by atoms with E-state index in [1.165, 1.54) is 0 Å². The van der Waals surface area contributed by atoms with E-state index in [1.807, 2.05) is 42.9 Å². The van der Waals surface area contributed by atoms with Crippen LogP contribution in [-0.2, 0) is 11.3 Å². The fraction of sp³-hybridized carbons (Fsp3) is 0.500. The second-order valence-corrected chi connectivity index (χ2v) is 3.29. The van der Waals surface area contributed by atoms with Crippen molar-refractivity contribution in [1.29, 1.82) is 0 Å².